The van der Waals surface area contributed by atoms with Crippen LogP contribution in [0.3, 0.4) is 0 Å². The summed E-state index contributed by atoms with van der Waals surface area (Å²) in [7, 11) is 0. The molecule has 0 amide bonds. The third-order valence-electron chi connectivity index (χ3n) is 4.64. The summed E-state index contributed by atoms with van der Waals surface area (Å²) < 4.78 is 5.12. The number of aromatic hydroxyl groups is 2. The number of aromatic carboxylic acids is 1. The smallest absolute Gasteiger partial charge is 0.337 e. The molecule has 166 valence electrons. The third-order valence-corrected chi connectivity index (χ3v) is 4.64. The highest BCUT2D eigenvalue weighted by atomic mass is 16.5. The lowest BCUT2D eigenvalue weighted by Crippen LogP contribution is -2.19. The SMILES string of the molecule is CCCCC(=O)Oc1c(O)c(O)c(C(=O)CCCC)c(C(=O)O)c1C(=O)CCCC. The Balaban J connectivity index is 3.74. The summed E-state index contributed by atoms with van der Waals surface area (Å²) in [4.78, 5) is 49.6. The van der Waals surface area contributed by atoms with E-state index in [-0.39, 0.29) is 19.3 Å². The van der Waals surface area contributed by atoms with Gasteiger partial charge in [0.2, 0.25) is 5.75 Å². The van der Waals surface area contributed by atoms with Crippen molar-refractivity contribution in [1.82, 2.24) is 0 Å². The van der Waals surface area contributed by atoms with E-state index in [4.69, 9.17) is 4.74 Å². The molecule has 0 bridgehead atoms. The van der Waals surface area contributed by atoms with E-state index in [0.29, 0.717) is 38.5 Å². The van der Waals surface area contributed by atoms with Crippen LogP contribution in [0.1, 0.15) is 110 Å². The van der Waals surface area contributed by atoms with Crippen molar-refractivity contribution in [3.63, 3.8) is 0 Å². The molecule has 8 nitrogen and oxygen atoms in total. The monoisotopic (exact) mass is 422 g/mol. The number of phenols is 2. The van der Waals surface area contributed by atoms with Gasteiger partial charge in [0.15, 0.2) is 23.1 Å². The van der Waals surface area contributed by atoms with Crippen LogP contribution in [0.25, 0.3) is 0 Å². The van der Waals surface area contributed by atoms with Gasteiger partial charge >= 0.3 is 11.9 Å². The van der Waals surface area contributed by atoms with Gasteiger partial charge in [-0.15, -0.1) is 0 Å². The van der Waals surface area contributed by atoms with E-state index < -0.39 is 57.4 Å². The fourth-order valence-electron chi connectivity index (χ4n) is 2.96. The van der Waals surface area contributed by atoms with E-state index in [1.54, 1.807) is 0 Å². The summed E-state index contributed by atoms with van der Waals surface area (Å²) in [6.07, 6.45) is 3.20. The molecule has 1 rings (SSSR count). The highest BCUT2D eigenvalue weighted by Crippen LogP contribution is 2.45. The van der Waals surface area contributed by atoms with E-state index >= 15 is 0 Å². The Morgan fingerprint density at radius 1 is 0.700 bits per heavy atom. The quantitative estimate of drug-likeness (QED) is 0.181. The average molecular weight is 422 g/mol. The molecule has 30 heavy (non-hydrogen) atoms. The predicted octanol–water partition coefficient (Wildman–Crippen LogP) is 4.64. The zero-order chi connectivity index (χ0) is 22.8. The van der Waals surface area contributed by atoms with E-state index in [9.17, 15) is 34.5 Å². The molecule has 0 unspecified atom stereocenters. The molecule has 0 radical (unpaired) electrons. The zero-order valence-electron chi connectivity index (χ0n) is 17.7. The first-order valence-corrected chi connectivity index (χ1v) is 10.3. The molecular weight excluding hydrogens is 392 g/mol. The molecule has 0 saturated heterocycles. The maximum absolute atomic E-state index is 12.8. The van der Waals surface area contributed by atoms with Gasteiger partial charge in [-0.1, -0.05) is 40.0 Å². The fourth-order valence-corrected chi connectivity index (χ4v) is 2.96. The first-order valence-electron chi connectivity index (χ1n) is 10.3. The lowest BCUT2D eigenvalue weighted by atomic mass is 9.90. The number of carboxylic acid groups (broad SMARTS) is 1. The minimum absolute atomic E-state index is 0.0150. The maximum Gasteiger partial charge on any atom is 0.337 e. The molecule has 0 aromatic heterocycles. The number of hydrogen-bond donors (Lipinski definition) is 3. The highest BCUT2D eigenvalue weighted by Gasteiger charge is 2.35. The van der Waals surface area contributed by atoms with Crippen LogP contribution in [0.2, 0.25) is 0 Å². The molecule has 0 atom stereocenters. The normalized spacial score (nSPS) is 10.6. The standard InChI is InChI=1S/C22H30O8/c1-4-7-10-13(23)16-18(22(28)29)17(14(24)11-8-5-2)21(20(27)19(16)26)30-15(25)12-9-6-3/h26-27H,4-12H2,1-3H3,(H,28,29). The number of ketones is 2. The summed E-state index contributed by atoms with van der Waals surface area (Å²) in [5.74, 6) is -6.50. The van der Waals surface area contributed by atoms with Crippen LogP contribution in [-0.2, 0) is 4.79 Å². The number of carbonyl (C=O) groups excluding carboxylic acids is 3. The van der Waals surface area contributed by atoms with Gasteiger partial charge in [-0.2, -0.15) is 0 Å². The van der Waals surface area contributed by atoms with Crippen LogP contribution in [0.5, 0.6) is 17.2 Å². The Labute approximate surface area is 175 Å². The number of benzene rings is 1. The average Bonchev–Trinajstić information content (AvgIpc) is 2.71. The first-order chi connectivity index (χ1) is 14.2. The van der Waals surface area contributed by atoms with Crippen LogP contribution in [-0.4, -0.2) is 38.8 Å². The number of esters is 1. The van der Waals surface area contributed by atoms with Crippen molar-refractivity contribution in [1.29, 1.82) is 0 Å². The molecule has 1 aromatic rings. The van der Waals surface area contributed by atoms with Crippen LogP contribution < -0.4 is 4.74 Å². The van der Waals surface area contributed by atoms with Crippen LogP contribution in [0.4, 0.5) is 0 Å². The largest absolute Gasteiger partial charge is 0.504 e. The predicted molar refractivity (Wildman–Crippen MR) is 110 cm³/mol. The van der Waals surface area contributed by atoms with Gasteiger partial charge in [0.05, 0.1) is 16.7 Å². The van der Waals surface area contributed by atoms with Crippen LogP contribution in [0.15, 0.2) is 0 Å². The molecule has 0 spiro atoms. The van der Waals surface area contributed by atoms with Gasteiger partial charge in [0.1, 0.15) is 0 Å². The minimum Gasteiger partial charge on any atom is -0.504 e. The topological polar surface area (TPSA) is 138 Å². The molecule has 3 N–H and O–H groups in total. The van der Waals surface area contributed by atoms with E-state index in [0.717, 1.165) is 0 Å². The van der Waals surface area contributed by atoms with Crippen molar-refractivity contribution < 1.29 is 39.2 Å². The number of ether oxygens (including phenoxy) is 1. The number of unbranched alkanes of at least 4 members (excludes halogenated alkanes) is 3. The van der Waals surface area contributed by atoms with Gasteiger partial charge in [-0.25, -0.2) is 4.79 Å². The van der Waals surface area contributed by atoms with Gasteiger partial charge in [0, 0.05) is 19.3 Å². The van der Waals surface area contributed by atoms with E-state index in [1.807, 2.05) is 20.8 Å². The van der Waals surface area contributed by atoms with Crippen LogP contribution in [0, 0.1) is 0 Å². The summed E-state index contributed by atoms with van der Waals surface area (Å²) in [6, 6.07) is 0. The minimum atomic E-state index is -1.63. The first kappa shape index (κ1) is 25.1. The number of carboxylic acids is 1. The lowest BCUT2D eigenvalue weighted by molar-refractivity contribution is -0.134. The second kappa shape index (κ2) is 11.9. The lowest BCUT2D eigenvalue weighted by Gasteiger charge is -2.18. The summed E-state index contributed by atoms with van der Waals surface area (Å²) in [5, 5.41) is 30.6. The molecule has 0 fully saturated rings. The number of phenolic OH excluding ortho intramolecular Hbond substituents is 2. The van der Waals surface area contributed by atoms with Crippen molar-refractivity contribution in [2.75, 3.05) is 0 Å². The summed E-state index contributed by atoms with van der Waals surface area (Å²) >= 11 is 0. The van der Waals surface area contributed by atoms with Gasteiger partial charge in [-0.05, 0) is 19.3 Å². The molecule has 1 aromatic carbocycles. The van der Waals surface area contributed by atoms with Gasteiger partial charge < -0.3 is 20.1 Å². The third kappa shape index (κ3) is 6.05. The number of carbonyl (C=O) groups is 4. The Morgan fingerprint density at radius 3 is 1.63 bits per heavy atom. The zero-order valence-corrected chi connectivity index (χ0v) is 17.7. The highest BCUT2D eigenvalue weighted by molar-refractivity contribution is 6.17. The molecule has 8 heteroatoms. The number of rotatable bonds is 13. The van der Waals surface area contributed by atoms with E-state index in [2.05, 4.69) is 0 Å². The molecule has 0 aliphatic heterocycles. The second-order valence-corrected chi connectivity index (χ2v) is 7.09. The Hall–Kier alpha value is -2.90. The Bertz CT molecular complexity index is 810. The Morgan fingerprint density at radius 2 is 1.17 bits per heavy atom. The Kier molecular flexibility index (Phi) is 10.0. The second-order valence-electron chi connectivity index (χ2n) is 7.09. The van der Waals surface area contributed by atoms with Crippen molar-refractivity contribution in [3.8, 4) is 17.2 Å². The maximum atomic E-state index is 12.8. The molecule has 0 heterocycles. The summed E-state index contributed by atoms with van der Waals surface area (Å²) in [5.41, 5.74) is -1.94. The van der Waals surface area contributed by atoms with E-state index in [1.165, 1.54) is 0 Å². The van der Waals surface area contributed by atoms with Crippen LogP contribution >= 0.6 is 0 Å². The van der Waals surface area contributed by atoms with Crippen molar-refractivity contribution in [2.24, 2.45) is 0 Å². The van der Waals surface area contributed by atoms with Crippen molar-refractivity contribution in [2.45, 2.75) is 78.6 Å². The summed E-state index contributed by atoms with van der Waals surface area (Å²) in [6.45, 7) is 5.53. The van der Waals surface area contributed by atoms with Crippen molar-refractivity contribution in [3.05, 3.63) is 16.7 Å². The molecule has 0 aliphatic carbocycles. The molecule has 0 saturated carbocycles. The molecule has 0 aliphatic rings. The number of Topliss-reactive ketones (excluding diaryl/α,β-unsaturated/α-hetero) is 2. The van der Waals surface area contributed by atoms with Crippen molar-refractivity contribution >= 4 is 23.5 Å². The fraction of sp³-hybridized carbons (Fsp3) is 0.545. The number of hydrogen-bond acceptors (Lipinski definition) is 7. The van der Waals surface area contributed by atoms with Gasteiger partial charge in [-0.3, -0.25) is 14.4 Å². The van der Waals surface area contributed by atoms with Gasteiger partial charge in [0.25, 0.3) is 0 Å². The molecular formula is C22H30O8.